The van der Waals surface area contributed by atoms with Crippen LogP contribution in [0.5, 0.6) is 0 Å². The van der Waals surface area contributed by atoms with Gasteiger partial charge in [0, 0.05) is 37.8 Å². The molecular weight excluding hydrogens is 525 g/mol. The van der Waals surface area contributed by atoms with E-state index >= 15 is 0 Å². The molecule has 1 aliphatic heterocycles. The number of likely N-dealkylation sites (tertiary alicyclic amines) is 1. The van der Waals surface area contributed by atoms with Gasteiger partial charge in [0.05, 0.1) is 12.3 Å². The van der Waals surface area contributed by atoms with Crippen LogP contribution < -0.4 is 15.4 Å². The lowest BCUT2D eigenvalue weighted by molar-refractivity contribution is 0.167. The number of sulfonamides is 1. The fourth-order valence-electron chi connectivity index (χ4n) is 3.70. The SMILES string of the molecule is CCNC(=NCc1ccccc1CS(=O)(=O)NC(C)C)NC1CCN(C(C)C)CC1.I. The van der Waals surface area contributed by atoms with Gasteiger partial charge < -0.3 is 15.5 Å². The van der Waals surface area contributed by atoms with Gasteiger partial charge in [0.15, 0.2) is 5.96 Å². The lowest BCUT2D eigenvalue weighted by Gasteiger charge is -2.35. The van der Waals surface area contributed by atoms with Crippen molar-refractivity contribution in [3.8, 4) is 0 Å². The number of piperidine rings is 1. The first-order valence-electron chi connectivity index (χ1n) is 11.1. The maximum atomic E-state index is 12.4. The van der Waals surface area contributed by atoms with Crippen molar-refractivity contribution >= 4 is 40.0 Å². The second kappa shape index (κ2) is 13.6. The van der Waals surface area contributed by atoms with Crippen molar-refractivity contribution in [3.05, 3.63) is 35.4 Å². The van der Waals surface area contributed by atoms with Crippen LogP contribution >= 0.6 is 24.0 Å². The molecule has 0 saturated carbocycles. The van der Waals surface area contributed by atoms with Gasteiger partial charge in [-0.2, -0.15) is 0 Å². The van der Waals surface area contributed by atoms with Crippen molar-refractivity contribution in [1.29, 1.82) is 0 Å². The summed E-state index contributed by atoms with van der Waals surface area (Å²) in [5, 5.41) is 6.88. The summed E-state index contributed by atoms with van der Waals surface area (Å²) >= 11 is 0. The molecule has 2 rings (SSSR count). The molecule has 1 aromatic rings. The Morgan fingerprint density at radius 2 is 1.74 bits per heavy atom. The Balaban J connectivity index is 0.00000480. The first-order valence-corrected chi connectivity index (χ1v) is 12.7. The molecule has 0 aromatic heterocycles. The molecule has 1 fully saturated rings. The summed E-state index contributed by atoms with van der Waals surface area (Å²) in [6.45, 7) is 13.6. The summed E-state index contributed by atoms with van der Waals surface area (Å²) in [7, 11) is -3.37. The largest absolute Gasteiger partial charge is 0.357 e. The Hall–Kier alpha value is -0.910. The van der Waals surface area contributed by atoms with E-state index in [-0.39, 0.29) is 35.8 Å². The molecule has 0 bridgehead atoms. The number of guanidine groups is 1. The third kappa shape index (κ3) is 10.0. The van der Waals surface area contributed by atoms with E-state index in [9.17, 15) is 8.42 Å². The van der Waals surface area contributed by atoms with Crippen LogP contribution in [-0.4, -0.2) is 57.0 Å². The van der Waals surface area contributed by atoms with Crippen LogP contribution in [0.4, 0.5) is 0 Å². The maximum Gasteiger partial charge on any atom is 0.216 e. The van der Waals surface area contributed by atoms with Gasteiger partial charge >= 0.3 is 0 Å². The van der Waals surface area contributed by atoms with E-state index < -0.39 is 10.0 Å². The van der Waals surface area contributed by atoms with E-state index in [2.05, 4.69) is 41.0 Å². The van der Waals surface area contributed by atoms with Gasteiger partial charge in [-0.3, -0.25) is 0 Å². The van der Waals surface area contributed by atoms with Gasteiger partial charge in [-0.25, -0.2) is 18.1 Å². The van der Waals surface area contributed by atoms with Gasteiger partial charge in [0.2, 0.25) is 10.0 Å². The van der Waals surface area contributed by atoms with Crippen LogP contribution in [0.2, 0.25) is 0 Å². The van der Waals surface area contributed by atoms with E-state index in [1.807, 2.05) is 38.1 Å². The first-order chi connectivity index (χ1) is 14.2. The summed E-state index contributed by atoms with van der Waals surface area (Å²) in [5.74, 6) is 0.757. The van der Waals surface area contributed by atoms with Crippen molar-refractivity contribution in [2.45, 2.75) is 77.9 Å². The summed E-state index contributed by atoms with van der Waals surface area (Å²) in [4.78, 5) is 7.25. The van der Waals surface area contributed by atoms with E-state index in [1.54, 1.807) is 0 Å². The van der Waals surface area contributed by atoms with Crippen LogP contribution in [0, 0.1) is 0 Å². The molecular formula is C22H40IN5O2S. The third-order valence-electron chi connectivity index (χ3n) is 5.23. The fourth-order valence-corrected chi connectivity index (χ4v) is 5.19. The highest BCUT2D eigenvalue weighted by Gasteiger charge is 2.21. The standard InChI is InChI=1S/C22H39N5O2S.HI/c1-6-23-22(25-21-11-13-27(14-12-21)18(4)5)24-15-19-9-7-8-10-20(19)16-30(28,29)26-17(2)3;/h7-10,17-18,21,26H,6,11-16H2,1-5H3,(H2,23,24,25);1H. The highest BCUT2D eigenvalue weighted by atomic mass is 127. The monoisotopic (exact) mass is 565 g/mol. The van der Waals surface area contributed by atoms with Crippen molar-refractivity contribution in [1.82, 2.24) is 20.3 Å². The van der Waals surface area contributed by atoms with Gasteiger partial charge in [-0.1, -0.05) is 24.3 Å². The van der Waals surface area contributed by atoms with E-state index in [4.69, 9.17) is 4.99 Å². The molecule has 0 amide bonds. The minimum absolute atomic E-state index is 0. The Bertz CT molecular complexity index is 791. The summed E-state index contributed by atoms with van der Waals surface area (Å²) in [6.07, 6.45) is 2.19. The lowest BCUT2D eigenvalue weighted by atomic mass is 10.0. The number of hydrogen-bond donors (Lipinski definition) is 3. The van der Waals surface area contributed by atoms with Crippen LogP contribution in [0.3, 0.4) is 0 Å². The molecule has 0 spiro atoms. The maximum absolute atomic E-state index is 12.4. The molecule has 0 atom stereocenters. The number of nitrogens with zero attached hydrogens (tertiary/aromatic N) is 2. The minimum atomic E-state index is -3.37. The van der Waals surface area contributed by atoms with E-state index in [0.717, 1.165) is 49.6 Å². The molecule has 7 nitrogen and oxygen atoms in total. The van der Waals surface area contributed by atoms with Crippen molar-refractivity contribution < 1.29 is 8.42 Å². The molecule has 178 valence electrons. The molecule has 1 aromatic carbocycles. The average Bonchev–Trinajstić information content (AvgIpc) is 2.66. The Morgan fingerprint density at radius 3 is 2.29 bits per heavy atom. The topological polar surface area (TPSA) is 85.8 Å². The molecule has 0 unspecified atom stereocenters. The Kier molecular flexibility index (Phi) is 12.3. The quantitative estimate of drug-likeness (QED) is 0.244. The first kappa shape index (κ1) is 28.1. The van der Waals surface area contributed by atoms with E-state index in [0.29, 0.717) is 18.6 Å². The molecule has 1 aliphatic rings. The van der Waals surface area contributed by atoms with Crippen molar-refractivity contribution in [3.63, 3.8) is 0 Å². The zero-order chi connectivity index (χ0) is 22.1. The van der Waals surface area contributed by atoms with Gasteiger partial charge in [0.1, 0.15) is 0 Å². The molecule has 3 N–H and O–H groups in total. The van der Waals surface area contributed by atoms with Crippen LogP contribution in [0.1, 0.15) is 58.6 Å². The normalized spacial score (nSPS) is 16.4. The molecule has 0 aliphatic carbocycles. The average molecular weight is 566 g/mol. The zero-order valence-electron chi connectivity index (χ0n) is 19.5. The molecule has 1 saturated heterocycles. The van der Waals surface area contributed by atoms with E-state index in [1.165, 1.54) is 0 Å². The number of aliphatic imine (C=N–C) groups is 1. The number of hydrogen-bond acceptors (Lipinski definition) is 4. The van der Waals surface area contributed by atoms with Crippen LogP contribution in [0.15, 0.2) is 29.3 Å². The number of halogens is 1. The summed E-state index contributed by atoms with van der Waals surface area (Å²) in [5.41, 5.74) is 1.72. The van der Waals surface area contributed by atoms with Gasteiger partial charge in [0.25, 0.3) is 0 Å². The summed E-state index contributed by atoms with van der Waals surface area (Å²) in [6, 6.07) is 8.50. The Morgan fingerprint density at radius 1 is 1.13 bits per heavy atom. The lowest BCUT2D eigenvalue weighted by Crippen LogP contribution is -2.49. The van der Waals surface area contributed by atoms with Gasteiger partial charge in [-0.15, -0.1) is 24.0 Å². The predicted molar refractivity (Wildman–Crippen MR) is 140 cm³/mol. The van der Waals surface area contributed by atoms with Crippen molar-refractivity contribution in [2.24, 2.45) is 4.99 Å². The minimum Gasteiger partial charge on any atom is -0.357 e. The van der Waals surface area contributed by atoms with Gasteiger partial charge in [-0.05, 0) is 58.6 Å². The second-order valence-corrected chi connectivity index (χ2v) is 10.3. The van der Waals surface area contributed by atoms with Crippen LogP contribution in [0.25, 0.3) is 0 Å². The smallest absolute Gasteiger partial charge is 0.216 e. The fraction of sp³-hybridized carbons (Fsp3) is 0.682. The molecule has 31 heavy (non-hydrogen) atoms. The highest BCUT2D eigenvalue weighted by molar-refractivity contribution is 14.0. The number of rotatable bonds is 9. The summed E-state index contributed by atoms with van der Waals surface area (Å²) < 4.78 is 27.4. The number of nitrogens with one attached hydrogen (secondary N) is 3. The third-order valence-corrected chi connectivity index (χ3v) is 6.75. The van der Waals surface area contributed by atoms with Crippen molar-refractivity contribution in [2.75, 3.05) is 19.6 Å². The predicted octanol–water partition coefficient (Wildman–Crippen LogP) is 3.06. The molecule has 0 radical (unpaired) electrons. The second-order valence-electron chi connectivity index (χ2n) is 8.54. The Labute approximate surface area is 205 Å². The van der Waals surface area contributed by atoms with Crippen LogP contribution in [-0.2, 0) is 22.3 Å². The molecule has 1 heterocycles. The number of benzene rings is 1. The highest BCUT2D eigenvalue weighted by Crippen LogP contribution is 2.15. The molecule has 9 heteroatoms. The zero-order valence-corrected chi connectivity index (χ0v) is 22.7.